The van der Waals surface area contributed by atoms with Crippen LogP contribution in [-0.2, 0) is 14.9 Å². The fourth-order valence-corrected chi connectivity index (χ4v) is 2.84. The van der Waals surface area contributed by atoms with E-state index in [1.165, 1.54) is 17.0 Å². The van der Waals surface area contributed by atoms with Crippen molar-refractivity contribution in [2.75, 3.05) is 22.9 Å². The number of carbonyl (C=O) groups excluding carboxylic acids is 1. The summed E-state index contributed by atoms with van der Waals surface area (Å²) >= 11 is 4.17. The molecule has 1 heterocycles. The summed E-state index contributed by atoms with van der Waals surface area (Å²) in [5.74, 6) is 0.701. The van der Waals surface area contributed by atoms with Crippen molar-refractivity contribution in [3.05, 3.63) is 18.2 Å². The highest BCUT2D eigenvalue weighted by molar-refractivity contribution is 7.85. The van der Waals surface area contributed by atoms with E-state index in [0.29, 0.717) is 24.4 Å². The van der Waals surface area contributed by atoms with Gasteiger partial charge in [-0.3, -0.25) is 9.35 Å². The first-order valence-corrected chi connectivity index (χ1v) is 7.68. The molecule has 104 valence electrons. The van der Waals surface area contributed by atoms with E-state index in [2.05, 4.69) is 12.6 Å². The topological polar surface area (TPSA) is 101 Å². The third-order valence-electron chi connectivity index (χ3n) is 3.05. The van der Waals surface area contributed by atoms with Gasteiger partial charge in [0, 0.05) is 13.0 Å². The van der Waals surface area contributed by atoms with Crippen LogP contribution in [0.1, 0.15) is 6.42 Å². The summed E-state index contributed by atoms with van der Waals surface area (Å²) in [7, 11) is -4.29. The van der Waals surface area contributed by atoms with Gasteiger partial charge in [0.15, 0.2) is 0 Å². The predicted octanol–water partition coefficient (Wildman–Crippen LogP) is 0.798. The van der Waals surface area contributed by atoms with Gasteiger partial charge in [-0.05, 0) is 29.9 Å². The van der Waals surface area contributed by atoms with Crippen LogP contribution >= 0.6 is 12.6 Å². The third kappa shape index (κ3) is 2.85. The molecular weight excluding hydrogens is 288 g/mol. The van der Waals surface area contributed by atoms with E-state index in [9.17, 15) is 13.2 Å². The van der Waals surface area contributed by atoms with Crippen LogP contribution in [0.5, 0.6) is 0 Å². The standard InChI is InChI=1S/C11H14N2O4S2/c12-9-4-8(19(15,16)17)1-2-10(9)13-5-7(6-18)3-11(13)14/h1-2,4,7,18H,3,5-6,12H2,(H,15,16,17). The minimum Gasteiger partial charge on any atom is -0.397 e. The van der Waals surface area contributed by atoms with Gasteiger partial charge in [0.05, 0.1) is 16.3 Å². The molecule has 1 atom stereocenters. The van der Waals surface area contributed by atoms with Crippen LogP contribution in [0.2, 0.25) is 0 Å². The lowest BCUT2D eigenvalue weighted by Gasteiger charge is -2.19. The second-order valence-corrected chi connectivity index (χ2v) is 6.24. The summed E-state index contributed by atoms with van der Waals surface area (Å²) in [5.41, 5.74) is 6.36. The number of carbonyl (C=O) groups is 1. The number of hydrogen-bond donors (Lipinski definition) is 3. The van der Waals surface area contributed by atoms with Crippen molar-refractivity contribution in [3.63, 3.8) is 0 Å². The normalized spacial score (nSPS) is 20.0. The molecule has 1 unspecified atom stereocenters. The quantitative estimate of drug-likeness (QED) is 0.435. The van der Waals surface area contributed by atoms with Gasteiger partial charge >= 0.3 is 0 Å². The van der Waals surface area contributed by atoms with Gasteiger partial charge in [0.25, 0.3) is 10.1 Å². The van der Waals surface area contributed by atoms with Crippen molar-refractivity contribution < 1.29 is 17.8 Å². The Morgan fingerprint density at radius 1 is 1.47 bits per heavy atom. The Labute approximate surface area is 116 Å². The van der Waals surface area contributed by atoms with Crippen LogP contribution in [0.25, 0.3) is 0 Å². The van der Waals surface area contributed by atoms with Gasteiger partial charge in [-0.25, -0.2) is 0 Å². The maximum absolute atomic E-state index is 11.8. The number of benzene rings is 1. The summed E-state index contributed by atoms with van der Waals surface area (Å²) in [5, 5.41) is 0. The summed E-state index contributed by atoms with van der Waals surface area (Å²) in [4.78, 5) is 13.1. The van der Waals surface area contributed by atoms with E-state index in [1.807, 2.05) is 0 Å². The molecule has 8 heteroatoms. The molecular formula is C11H14N2O4S2. The molecule has 6 nitrogen and oxygen atoms in total. The average molecular weight is 302 g/mol. The van der Waals surface area contributed by atoms with Gasteiger partial charge < -0.3 is 10.6 Å². The Morgan fingerprint density at radius 3 is 2.63 bits per heavy atom. The Kier molecular flexibility index (Phi) is 3.75. The first kappa shape index (κ1) is 14.2. The summed E-state index contributed by atoms with van der Waals surface area (Å²) in [6, 6.07) is 3.80. The second kappa shape index (κ2) is 5.03. The lowest BCUT2D eigenvalue weighted by Crippen LogP contribution is -2.25. The molecule has 0 spiro atoms. The predicted molar refractivity (Wildman–Crippen MR) is 75.0 cm³/mol. The molecule has 1 fully saturated rings. The second-order valence-electron chi connectivity index (χ2n) is 4.45. The molecule has 1 saturated heterocycles. The van der Waals surface area contributed by atoms with Crippen molar-refractivity contribution in [3.8, 4) is 0 Å². The molecule has 0 aromatic heterocycles. The Morgan fingerprint density at radius 2 is 2.16 bits per heavy atom. The number of thiol groups is 1. The summed E-state index contributed by atoms with van der Waals surface area (Å²) in [6.07, 6.45) is 0.406. The van der Waals surface area contributed by atoms with E-state index in [4.69, 9.17) is 10.3 Å². The highest BCUT2D eigenvalue weighted by atomic mass is 32.2. The zero-order chi connectivity index (χ0) is 14.2. The minimum absolute atomic E-state index is 0.0645. The van der Waals surface area contributed by atoms with Gasteiger partial charge in [0.1, 0.15) is 0 Å². The highest BCUT2D eigenvalue weighted by Crippen LogP contribution is 2.31. The number of anilines is 2. The van der Waals surface area contributed by atoms with Gasteiger partial charge in [-0.2, -0.15) is 21.0 Å². The molecule has 1 amide bonds. The number of nitrogens with zero attached hydrogens (tertiary/aromatic N) is 1. The van der Waals surface area contributed by atoms with Crippen molar-refractivity contribution in [1.29, 1.82) is 0 Å². The molecule has 19 heavy (non-hydrogen) atoms. The highest BCUT2D eigenvalue weighted by Gasteiger charge is 2.31. The van der Waals surface area contributed by atoms with Crippen LogP contribution in [-0.4, -0.2) is 31.2 Å². The molecule has 0 aliphatic carbocycles. The van der Waals surface area contributed by atoms with Crippen LogP contribution in [0.15, 0.2) is 23.1 Å². The molecule has 1 aromatic carbocycles. The molecule has 3 N–H and O–H groups in total. The first-order chi connectivity index (χ1) is 8.82. The monoisotopic (exact) mass is 302 g/mol. The third-order valence-corrected chi connectivity index (χ3v) is 4.42. The zero-order valence-corrected chi connectivity index (χ0v) is 11.7. The van der Waals surface area contributed by atoms with Gasteiger partial charge in [0.2, 0.25) is 5.91 Å². The number of nitrogen functional groups attached to an aromatic ring is 1. The SMILES string of the molecule is Nc1cc(S(=O)(=O)O)ccc1N1CC(CS)CC1=O. The first-order valence-electron chi connectivity index (χ1n) is 5.61. The van der Waals surface area contributed by atoms with Gasteiger partial charge in [-0.15, -0.1) is 0 Å². The van der Waals surface area contributed by atoms with E-state index in [-0.39, 0.29) is 22.4 Å². The van der Waals surface area contributed by atoms with Crippen LogP contribution in [0.4, 0.5) is 11.4 Å². The van der Waals surface area contributed by atoms with E-state index >= 15 is 0 Å². The molecule has 2 rings (SSSR count). The largest absolute Gasteiger partial charge is 0.397 e. The van der Waals surface area contributed by atoms with Crippen LogP contribution in [0.3, 0.4) is 0 Å². The van der Waals surface area contributed by atoms with Crippen molar-refractivity contribution in [2.24, 2.45) is 5.92 Å². The van der Waals surface area contributed by atoms with Crippen molar-refractivity contribution >= 4 is 40.0 Å². The molecule has 0 radical (unpaired) electrons. The lowest BCUT2D eigenvalue weighted by molar-refractivity contribution is -0.117. The number of hydrogen-bond acceptors (Lipinski definition) is 5. The van der Waals surface area contributed by atoms with Crippen LogP contribution in [0, 0.1) is 5.92 Å². The maximum atomic E-state index is 11.8. The van der Waals surface area contributed by atoms with Crippen LogP contribution < -0.4 is 10.6 Å². The minimum atomic E-state index is -4.29. The molecule has 1 aliphatic rings. The zero-order valence-electron chi connectivity index (χ0n) is 9.98. The van der Waals surface area contributed by atoms with E-state index < -0.39 is 10.1 Å². The Balaban J connectivity index is 2.35. The van der Waals surface area contributed by atoms with E-state index in [1.54, 1.807) is 0 Å². The smallest absolute Gasteiger partial charge is 0.294 e. The maximum Gasteiger partial charge on any atom is 0.294 e. The summed E-state index contributed by atoms with van der Waals surface area (Å²) < 4.78 is 30.9. The molecule has 0 bridgehead atoms. The Bertz CT molecular complexity index is 615. The molecule has 1 aliphatic heterocycles. The van der Waals surface area contributed by atoms with Crippen molar-refractivity contribution in [2.45, 2.75) is 11.3 Å². The van der Waals surface area contributed by atoms with Gasteiger partial charge in [-0.1, -0.05) is 0 Å². The van der Waals surface area contributed by atoms with Crippen molar-refractivity contribution in [1.82, 2.24) is 0 Å². The average Bonchev–Trinajstić information content (AvgIpc) is 2.69. The molecule has 0 saturated carbocycles. The number of amides is 1. The molecule has 1 aromatic rings. The Hall–Kier alpha value is -1.25. The lowest BCUT2D eigenvalue weighted by atomic mass is 10.1. The summed E-state index contributed by atoms with van der Waals surface area (Å²) in [6.45, 7) is 0.512. The number of nitrogens with two attached hydrogens (primary N) is 1. The fraction of sp³-hybridized carbons (Fsp3) is 0.364. The number of rotatable bonds is 3. The van der Waals surface area contributed by atoms with E-state index in [0.717, 1.165) is 6.07 Å². The fourth-order valence-electron chi connectivity index (χ4n) is 2.08.